The van der Waals surface area contributed by atoms with Crippen molar-refractivity contribution in [3.63, 3.8) is 0 Å². The minimum Gasteiger partial charge on any atom is -0.493 e. The maximum atomic E-state index is 12.3. The van der Waals surface area contributed by atoms with Gasteiger partial charge in [-0.1, -0.05) is 11.6 Å². The Bertz CT molecular complexity index is 1220. The highest BCUT2D eigenvalue weighted by Crippen LogP contribution is 2.40. The SMILES string of the molecule is CC(=O)Nc1ccc(OCC(=O)N=Nc2c(O)n(CN3CCOCC3)c3ccc(Cl)cc23)cc1. The van der Waals surface area contributed by atoms with Gasteiger partial charge < -0.3 is 19.9 Å². The van der Waals surface area contributed by atoms with Crippen molar-refractivity contribution in [2.75, 3.05) is 38.2 Å². The zero-order valence-electron chi connectivity index (χ0n) is 18.5. The van der Waals surface area contributed by atoms with Crippen LogP contribution in [0.25, 0.3) is 10.9 Å². The fourth-order valence-electron chi connectivity index (χ4n) is 3.60. The monoisotopic (exact) mass is 485 g/mol. The number of anilines is 1. The van der Waals surface area contributed by atoms with E-state index >= 15 is 0 Å². The first-order valence-electron chi connectivity index (χ1n) is 10.7. The molecular formula is C23H24ClN5O5. The summed E-state index contributed by atoms with van der Waals surface area (Å²) in [5, 5.41) is 22.3. The lowest BCUT2D eigenvalue weighted by Crippen LogP contribution is -2.37. The number of carbonyl (C=O) groups is 2. The predicted octanol–water partition coefficient (Wildman–Crippen LogP) is 3.94. The summed E-state index contributed by atoms with van der Waals surface area (Å²) in [5.41, 5.74) is 1.51. The van der Waals surface area contributed by atoms with Crippen LogP contribution in [-0.4, -0.2) is 59.3 Å². The molecule has 2 aromatic carbocycles. The average Bonchev–Trinajstić information content (AvgIpc) is 3.07. The Kier molecular flexibility index (Phi) is 7.41. The van der Waals surface area contributed by atoms with Crippen molar-refractivity contribution in [1.29, 1.82) is 0 Å². The Balaban J connectivity index is 1.47. The lowest BCUT2D eigenvalue weighted by atomic mass is 10.2. The fourth-order valence-corrected chi connectivity index (χ4v) is 3.77. The minimum absolute atomic E-state index is 0.102. The van der Waals surface area contributed by atoms with Gasteiger partial charge in [-0.2, -0.15) is 0 Å². The summed E-state index contributed by atoms with van der Waals surface area (Å²) in [6.07, 6.45) is 0. The topological polar surface area (TPSA) is 118 Å². The van der Waals surface area contributed by atoms with Crippen molar-refractivity contribution in [1.82, 2.24) is 9.47 Å². The summed E-state index contributed by atoms with van der Waals surface area (Å²) in [6.45, 7) is 4.26. The van der Waals surface area contributed by atoms with Crippen LogP contribution in [0.5, 0.6) is 11.6 Å². The third kappa shape index (κ3) is 5.71. The first-order chi connectivity index (χ1) is 16.4. The highest BCUT2D eigenvalue weighted by Gasteiger charge is 2.20. The fraction of sp³-hybridized carbons (Fsp3) is 0.304. The number of aromatic hydroxyl groups is 1. The first-order valence-corrected chi connectivity index (χ1v) is 11.0. The van der Waals surface area contributed by atoms with Crippen LogP contribution in [0.2, 0.25) is 5.02 Å². The molecule has 1 aromatic heterocycles. The minimum atomic E-state index is -0.624. The van der Waals surface area contributed by atoms with Gasteiger partial charge in [0, 0.05) is 36.1 Å². The lowest BCUT2D eigenvalue weighted by Gasteiger charge is -2.27. The van der Waals surface area contributed by atoms with Gasteiger partial charge in [0.25, 0.3) is 0 Å². The quantitative estimate of drug-likeness (QED) is 0.489. The number of aromatic nitrogens is 1. The number of halogens is 1. The maximum Gasteiger partial charge on any atom is 0.302 e. The van der Waals surface area contributed by atoms with E-state index in [1.165, 1.54) is 6.92 Å². The number of hydrogen-bond acceptors (Lipinski definition) is 7. The zero-order chi connectivity index (χ0) is 24.1. The van der Waals surface area contributed by atoms with Crippen molar-refractivity contribution < 1.29 is 24.2 Å². The summed E-state index contributed by atoms with van der Waals surface area (Å²) in [4.78, 5) is 25.5. The van der Waals surface area contributed by atoms with E-state index in [2.05, 4.69) is 20.4 Å². The second kappa shape index (κ2) is 10.6. The second-order valence-corrected chi connectivity index (χ2v) is 8.16. The standard InChI is InChI=1S/C23H24ClN5O5/c1-15(30)25-17-3-5-18(6-4-17)34-13-21(31)26-27-22-19-12-16(24)2-7-20(19)29(23(22)32)14-28-8-10-33-11-9-28/h2-7,12,32H,8-11,13-14H2,1H3,(H,25,30). The molecule has 1 aliphatic heterocycles. The van der Waals surface area contributed by atoms with E-state index in [0.29, 0.717) is 41.7 Å². The van der Waals surface area contributed by atoms with Gasteiger partial charge in [0.1, 0.15) is 5.75 Å². The van der Waals surface area contributed by atoms with E-state index in [1.807, 2.05) is 0 Å². The molecule has 11 heteroatoms. The largest absolute Gasteiger partial charge is 0.493 e. The third-order valence-corrected chi connectivity index (χ3v) is 5.45. The number of hydrogen-bond donors (Lipinski definition) is 2. The molecular weight excluding hydrogens is 462 g/mol. The summed E-state index contributed by atoms with van der Waals surface area (Å²) in [5.74, 6) is -0.467. The van der Waals surface area contributed by atoms with E-state index < -0.39 is 5.91 Å². The van der Waals surface area contributed by atoms with Gasteiger partial charge in [0.2, 0.25) is 11.8 Å². The Hall–Kier alpha value is -3.47. The number of rotatable bonds is 7. The van der Waals surface area contributed by atoms with E-state index in [-0.39, 0.29) is 24.1 Å². The molecule has 1 aliphatic rings. The number of benzene rings is 2. The van der Waals surface area contributed by atoms with Crippen LogP contribution in [0.4, 0.5) is 11.4 Å². The van der Waals surface area contributed by atoms with E-state index in [0.717, 1.165) is 18.6 Å². The number of morpholine rings is 1. The van der Waals surface area contributed by atoms with Crippen LogP contribution in [0.1, 0.15) is 6.92 Å². The number of nitrogens with one attached hydrogen (secondary N) is 1. The summed E-state index contributed by atoms with van der Waals surface area (Å²) in [7, 11) is 0. The van der Waals surface area contributed by atoms with E-state index in [4.69, 9.17) is 21.1 Å². The van der Waals surface area contributed by atoms with Crippen LogP contribution in [0.15, 0.2) is 52.7 Å². The van der Waals surface area contributed by atoms with Gasteiger partial charge in [0.15, 0.2) is 12.3 Å². The first kappa shape index (κ1) is 23.7. The number of fused-ring (bicyclic) bond motifs is 1. The van der Waals surface area contributed by atoms with Crippen molar-refractivity contribution in [2.45, 2.75) is 13.6 Å². The molecule has 0 radical (unpaired) electrons. The smallest absolute Gasteiger partial charge is 0.302 e. The van der Waals surface area contributed by atoms with E-state index in [9.17, 15) is 14.7 Å². The van der Waals surface area contributed by atoms with Crippen LogP contribution in [0.3, 0.4) is 0 Å². The van der Waals surface area contributed by atoms with Crippen molar-refractivity contribution in [3.8, 4) is 11.6 Å². The summed E-state index contributed by atoms with van der Waals surface area (Å²) < 4.78 is 12.5. The molecule has 34 heavy (non-hydrogen) atoms. The second-order valence-electron chi connectivity index (χ2n) is 7.72. The van der Waals surface area contributed by atoms with Crippen molar-refractivity contribution in [2.24, 2.45) is 10.2 Å². The van der Waals surface area contributed by atoms with Gasteiger partial charge in [-0.3, -0.25) is 19.1 Å². The van der Waals surface area contributed by atoms with Crippen molar-refractivity contribution >= 4 is 45.7 Å². The van der Waals surface area contributed by atoms with Crippen LogP contribution in [-0.2, 0) is 21.0 Å². The molecule has 2 N–H and O–H groups in total. The maximum absolute atomic E-state index is 12.3. The van der Waals surface area contributed by atoms with Gasteiger partial charge in [-0.25, -0.2) is 0 Å². The summed E-state index contributed by atoms with van der Waals surface area (Å²) in [6, 6.07) is 11.8. The van der Waals surface area contributed by atoms with Gasteiger partial charge in [-0.05, 0) is 42.5 Å². The van der Waals surface area contributed by atoms with Crippen LogP contribution >= 0.6 is 11.6 Å². The highest BCUT2D eigenvalue weighted by atomic mass is 35.5. The molecule has 178 valence electrons. The number of carbonyl (C=O) groups excluding carboxylic acids is 2. The molecule has 0 unspecified atom stereocenters. The predicted molar refractivity (Wildman–Crippen MR) is 127 cm³/mol. The third-order valence-electron chi connectivity index (χ3n) is 5.22. The Morgan fingerprint density at radius 2 is 1.91 bits per heavy atom. The molecule has 10 nitrogen and oxygen atoms in total. The number of amides is 2. The average molecular weight is 486 g/mol. The Labute approximate surface area is 200 Å². The van der Waals surface area contributed by atoms with Crippen LogP contribution < -0.4 is 10.1 Å². The Morgan fingerprint density at radius 1 is 1.18 bits per heavy atom. The molecule has 0 bridgehead atoms. The molecule has 0 spiro atoms. The zero-order valence-corrected chi connectivity index (χ0v) is 19.3. The van der Waals surface area contributed by atoms with Gasteiger partial charge in [-0.15, -0.1) is 10.2 Å². The normalized spacial score (nSPS) is 14.5. The van der Waals surface area contributed by atoms with Gasteiger partial charge in [0.05, 0.1) is 25.4 Å². The molecule has 2 amide bonds. The highest BCUT2D eigenvalue weighted by molar-refractivity contribution is 6.31. The summed E-state index contributed by atoms with van der Waals surface area (Å²) >= 11 is 6.16. The number of azo groups is 1. The number of nitrogens with zero attached hydrogens (tertiary/aromatic N) is 4. The molecule has 0 saturated carbocycles. The van der Waals surface area contributed by atoms with Gasteiger partial charge >= 0.3 is 5.91 Å². The van der Waals surface area contributed by atoms with Crippen molar-refractivity contribution in [3.05, 3.63) is 47.5 Å². The molecule has 1 fully saturated rings. The molecule has 3 aromatic rings. The molecule has 0 aliphatic carbocycles. The molecule has 0 atom stereocenters. The molecule has 1 saturated heterocycles. The molecule has 4 rings (SSSR count). The lowest BCUT2D eigenvalue weighted by molar-refractivity contribution is -0.120. The molecule has 2 heterocycles. The van der Waals surface area contributed by atoms with E-state index in [1.54, 1.807) is 47.0 Å². The van der Waals surface area contributed by atoms with Crippen LogP contribution in [0, 0.1) is 0 Å². The number of ether oxygens (including phenoxy) is 2. The Morgan fingerprint density at radius 3 is 2.62 bits per heavy atom.